The molecule has 4 nitrogen and oxygen atoms in total. The molecule has 1 atom stereocenters. The molecule has 2 heterocycles. The normalized spacial score (nSPS) is 19.7. The van der Waals surface area contributed by atoms with E-state index in [1.165, 1.54) is 4.90 Å². The van der Waals surface area contributed by atoms with Gasteiger partial charge < -0.3 is 10.0 Å². The van der Waals surface area contributed by atoms with Crippen LogP contribution in [0.15, 0.2) is 24.5 Å². The van der Waals surface area contributed by atoms with Crippen molar-refractivity contribution in [1.29, 1.82) is 0 Å². The largest absolute Gasteiger partial charge is 0.383 e. The molecule has 0 aromatic carbocycles. The van der Waals surface area contributed by atoms with E-state index in [1.54, 1.807) is 31.6 Å². The molecule has 2 rings (SSSR count). The minimum Gasteiger partial charge on any atom is -0.383 e. The first-order valence-electron chi connectivity index (χ1n) is 4.70. The molecule has 1 amide bonds. The number of likely N-dealkylation sites (N-methyl/N-ethyl adjacent to an activating group) is 1. The number of rotatable bonds is 0. The molecule has 1 fully saturated rings. The van der Waals surface area contributed by atoms with Gasteiger partial charge in [0.1, 0.15) is 14.0 Å². The lowest BCUT2D eigenvalue weighted by Gasteiger charge is -2.04. The van der Waals surface area contributed by atoms with E-state index in [0.717, 1.165) is 0 Å². The number of pyridine rings is 1. The third-order valence-corrected chi connectivity index (χ3v) is 2.08. The van der Waals surface area contributed by atoms with Gasteiger partial charge in [0, 0.05) is 26.0 Å². The molecule has 2 radical (unpaired) electrons. The van der Waals surface area contributed by atoms with E-state index in [2.05, 4.69) is 4.98 Å². The average Bonchev–Trinajstić information content (AvgIpc) is 2.52. The van der Waals surface area contributed by atoms with Gasteiger partial charge >= 0.3 is 0 Å². The lowest BCUT2D eigenvalue weighted by Crippen LogP contribution is -2.24. The van der Waals surface area contributed by atoms with Crippen LogP contribution < -0.4 is 5.46 Å². The molecule has 1 aliphatic heterocycles. The molecule has 15 heavy (non-hydrogen) atoms. The summed E-state index contributed by atoms with van der Waals surface area (Å²) in [6.45, 7) is 0.694. The van der Waals surface area contributed by atoms with Crippen LogP contribution in [-0.4, -0.2) is 48.4 Å². The van der Waals surface area contributed by atoms with Crippen molar-refractivity contribution in [1.82, 2.24) is 9.88 Å². The Hall–Kier alpha value is -1.36. The van der Waals surface area contributed by atoms with Crippen LogP contribution in [0.2, 0.25) is 0 Å². The van der Waals surface area contributed by atoms with Crippen molar-refractivity contribution >= 4 is 19.2 Å². The number of carbonyl (C=O) groups excluding carboxylic acids is 1. The molecule has 0 spiro atoms. The van der Waals surface area contributed by atoms with Crippen LogP contribution >= 0.6 is 0 Å². The number of amides is 1. The smallest absolute Gasteiger partial charge is 0.251 e. The lowest BCUT2D eigenvalue weighted by molar-refractivity contribution is -0.133. The van der Waals surface area contributed by atoms with E-state index in [9.17, 15) is 4.79 Å². The van der Waals surface area contributed by atoms with Gasteiger partial charge in [-0.05, 0) is 12.5 Å². The average molecular weight is 204 g/mol. The van der Waals surface area contributed by atoms with Gasteiger partial charge in [-0.1, -0.05) is 11.5 Å². The first-order valence-corrected chi connectivity index (χ1v) is 4.70. The highest BCUT2D eigenvalue weighted by Crippen LogP contribution is 2.06. The molecule has 1 aromatic heterocycles. The summed E-state index contributed by atoms with van der Waals surface area (Å²) >= 11 is 0. The second-order valence-corrected chi connectivity index (χ2v) is 3.35. The van der Waals surface area contributed by atoms with Crippen LogP contribution in [0.4, 0.5) is 0 Å². The van der Waals surface area contributed by atoms with Crippen molar-refractivity contribution in [3.05, 3.63) is 24.5 Å². The molecule has 1 aromatic rings. The zero-order chi connectivity index (χ0) is 11.3. The van der Waals surface area contributed by atoms with E-state index in [0.29, 0.717) is 18.4 Å². The Labute approximate surface area is 90.3 Å². The first kappa shape index (κ1) is 11.7. The van der Waals surface area contributed by atoms with Crippen molar-refractivity contribution in [2.45, 2.75) is 12.5 Å². The van der Waals surface area contributed by atoms with Crippen LogP contribution in [0.25, 0.3) is 0 Å². The number of hydrogen-bond acceptors (Lipinski definition) is 3. The van der Waals surface area contributed by atoms with E-state index in [4.69, 9.17) is 13.0 Å². The Morgan fingerprint density at radius 2 is 2.40 bits per heavy atom. The number of aliphatic hydroxyl groups is 1. The third kappa shape index (κ3) is 3.71. The van der Waals surface area contributed by atoms with Crippen molar-refractivity contribution in [2.75, 3.05) is 13.6 Å². The minimum absolute atomic E-state index is 0.148. The number of nitrogens with zero attached hydrogens (tertiary/aromatic N) is 2. The molecule has 1 N–H and O–H groups in total. The fourth-order valence-electron chi connectivity index (χ4n) is 1.18. The summed E-state index contributed by atoms with van der Waals surface area (Å²) in [6.07, 6.45) is 3.17. The number of likely N-dealkylation sites (tertiary alicyclic amines) is 1. The topological polar surface area (TPSA) is 53.4 Å². The second kappa shape index (κ2) is 5.51. The summed E-state index contributed by atoms with van der Waals surface area (Å²) in [5, 5.41) is 8.78. The molecule has 5 heteroatoms. The molecule has 0 saturated carbocycles. The fraction of sp³-hybridized carbons (Fsp3) is 0.400. The van der Waals surface area contributed by atoms with Crippen molar-refractivity contribution in [2.24, 2.45) is 0 Å². The molecular weight excluding hydrogens is 191 g/mol. The summed E-state index contributed by atoms with van der Waals surface area (Å²) in [4.78, 5) is 15.9. The van der Waals surface area contributed by atoms with Gasteiger partial charge in [0.2, 0.25) is 0 Å². The van der Waals surface area contributed by atoms with Crippen LogP contribution in [0.1, 0.15) is 6.42 Å². The molecule has 0 aliphatic carbocycles. The number of aromatic nitrogens is 1. The van der Waals surface area contributed by atoms with Gasteiger partial charge in [-0.3, -0.25) is 9.78 Å². The van der Waals surface area contributed by atoms with E-state index < -0.39 is 6.10 Å². The van der Waals surface area contributed by atoms with Gasteiger partial charge in [-0.25, -0.2) is 0 Å². The number of hydrogen-bond donors (Lipinski definition) is 1. The maximum atomic E-state index is 10.6. The highest BCUT2D eigenvalue weighted by atomic mass is 16.3. The number of carbonyl (C=O) groups is 1. The van der Waals surface area contributed by atoms with Gasteiger partial charge in [0.15, 0.2) is 0 Å². The maximum Gasteiger partial charge on any atom is 0.251 e. The minimum atomic E-state index is -0.722. The number of aliphatic hydroxyl groups excluding tert-OH is 1. The lowest BCUT2D eigenvalue weighted by atomic mass is 10.00. The van der Waals surface area contributed by atoms with Crippen LogP contribution in [0, 0.1) is 0 Å². The zero-order valence-corrected chi connectivity index (χ0v) is 8.63. The Balaban J connectivity index is 0.000000151. The van der Waals surface area contributed by atoms with E-state index in [-0.39, 0.29) is 5.91 Å². The summed E-state index contributed by atoms with van der Waals surface area (Å²) < 4.78 is 0. The SMILES string of the molecule is CN1CCC(O)C1=O.[B]c1cccnc1. The molecular formula is C10H13BN2O2. The monoisotopic (exact) mass is 204 g/mol. The molecule has 1 aliphatic rings. The maximum absolute atomic E-state index is 10.6. The van der Waals surface area contributed by atoms with Gasteiger partial charge in [0.25, 0.3) is 5.91 Å². The van der Waals surface area contributed by atoms with E-state index in [1.807, 2.05) is 0 Å². The summed E-state index contributed by atoms with van der Waals surface area (Å²) in [7, 11) is 6.99. The quantitative estimate of drug-likeness (QED) is 0.556. The molecule has 0 bridgehead atoms. The summed E-state index contributed by atoms with van der Waals surface area (Å²) in [5.74, 6) is -0.148. The zero-order valence-electron chi connectivity index (χ0n) is 8.63. The van der Waals surface area contributed by atoms with Gasteiger partial charge in [-0.15, -0.1) is 0 Å². The van der Waals surface area contributed by atoms with Crippen molar-refractivity contribution in [3.8, 4) is 0 Å². The molecule has 78 valence electrons. The Bertz CT molecular complexity index is 306. The Kier molecular flexibility index (Phi) is 4.30. The van der Waals surface area contributed by atoms with Crippen LogP contribution in [-0.2, 0) is 4.79 Å². The van der Waals surface area contributed by atoms with Crippen molar-refractivity contribution < 1.29 is 9.90 Å². The van der Waals surface area contributed by atoms with E-state index >= 15 is 0 Å². The van der Waals surface area contributed by atoms with Crippen molar-refractivity contribution in [3.63, 3.8) is 0 Å². The summed E-state index contributed by atoms with van der Waals surface area (Å²) in [6, 6.07) is 3.60. The third-order valence-electron chi connectivity index (χ3n) is 2.08. The predicted molar refractivity (Wildman–Crippen MR) is 57.9 cm³/mol. The summed E-state index contributed by atoms with van der Waals surface area (Å²) in [5.41, 5.74) is 0.711. The first-order chi connectivity index (χ1) is 7.11. The molecule has 1 saturated heterocycles. The Morgan fingerprint density at radius 1 is 1.67 bits per heavy atom. The Morgan fingerprint density at radius 3 is 2.60 bits per heavy atom. The van der Waals surface area contributed by atoms with Crippen LogP contribution in [0.5, 0.6) is 0 Å². The second-order valence-electron chi connectivity index (χ2n) is 3.35. The highest BCUT2D eigenvalue weighted by Gasteiger charge is 2.25. The highest BCUT2D eigenvalue weighted by molar-refractivity contribution is 6.31. The predicted octanol–water partition coefficient (Wildman–Crippen LogP) is -0.915. The molecule has 1 unspecified atom stereocenters. The van der Waals surface area contributed by atoms with Gasteiger partial charge in [-0.2, -0.15) is 0 Å². The fourth-order valence-corrected chi connectivity index (χ4v) is 1.18. The van der Waals surface area contributed by atoms with Gasteiger partial charge in [0.05, 0.1) is 0 Å². The standard InChI is InChI=1S/C5H4BN.C5H9NO2/c6-5-2-1-3-7-4-5;1-6-3-2-4(7)5(6)8/h1-4H;4,7H,2-3H2,1H3. The van der Waals surface area contributed by atoms with Crippen LogP contribution in [0.3, 0.4) is 0 Å².